The van der Waals surface area contributed by atoms with Crippen LogP contribution in [0.3, 0.4) is 0 Å². The van der Waals surface area contributed by atoms with Crippen LogP contribution in [0.15, 0.2) is 53.4 Å². The maximum Gasteiger partial charge on any atom is 0.243 e. The summed E-state index contributed by atoms with van der Waals surface area (Å²) in [5, 5.41) is 8.84. The minimum atomic E-state index is -3.79. The summed E-state index contributed by atoms with van der Waals surface area (Å²) >= 11 is 0. The standard InChI is InChI=1S/C20H19FN2O2S/c21-19-11-17(8-7-16(19)12-22)26(24,25)23-13-18(15-5-2-1-3-6-15)20(14-23)9-4-10-20/h1-3,5-8,11,18H,4,9-10,13-14H2. The monoisotopic (exact) mass is 370 g/mol. The number of rotatable bonds is 3. The highest BCUT2D eigenvalue weighted by Gasteiger charge is 2.53. The number of hydrogen-bond acceptors (Lipinski definition) is 3. The Morgan fingerprint density at radius 3 is 2.46 bits per heavy atom. The first-order valence-electron chi connectivity index (χ1n) is 8.71. The van der Waals surface area contributed by atoms with Crippen molar-refractivity contribution in [2.75, 3.05) is 13.1 Å². The molecule has 1 saturated heterocycles. The fourth-order valence-corrected chi connectivity index (χ4v) is 5.85. The van der Waals surface area contributed by atoms with Gasteiger partial charge in [-0.3, -0.25) is 0 Å². The molecular weight excluding hydrogens is 351 g/mol. The van der Waals surface area contributed by atoms with Crippen LogP contribution in [0.1, 0.15) is 36.3 Å². The molecule has 1 aliphatic carbocycles. The molecule has 0 aromatic heterocycles. The average Bonchev–Trinajstić information content (AvgIpc) is 3.04. The summed E-state index contributed by atoms with van der Waals surface area (Å²) in [6, 6.07) is 15.3. The molecular formula is C20H19FN2O2S. The molecule has 2 aliphatic rings. The molecule has 0 N–H and O–H groups in total. The first-order valence-corrected chi connectivity index (χ1v) is 10.2. The van der Waals surface area contributed by atoms with Crippen molar-refractivity contribution in [3.8, 4) is 6.07 Å². The Hall–Kier alpha value is -2.23. The van der Waals surface area contributed by atoms with Crippen molar-refractivity contribution >= 4 is 10.0 Å². The first-order chi connectivity index (χ1) is 12.5. The zero-order chi connectivity index (χ0) is 18.4. The van der Waals surface area contributed by atoms with Crippen LogP contribution in [-0.4, -0.2) is 25.8 Å². The lowest BCUT2D eigenvalue weighted by molar-refractivity contribution is 0.131. The van der Waals surface area contributed by atoms with Crippen LogP contribution in [0.4, 0.5) is 4.39 Å². The lowest BCUT2D eigenvalue weighted by atomic mass is 9.61. The Labute approximate surface area is 152 Å². The van der Waals surface area contributed by atoms with Gasteiger partial charge in [0, 0.05) is 19.0 Å². The van der Waals surface area contributed by atoms with E-state index >= 15 is 0 Å². The van der Waals surface area contributed by atoms with Gasteiger partial charge in [0.1, 0.15) is 11.9 Å². The van der Waals surface area contributed by atoms with Crippen molar-refractivity contribution < 1.29 is 12.8 Å². The number of nitrogens with zero attached hydrogens (tertiary/aromatic N) is 2. The second-order valence-electron chi connectivity index (χ2n) is 7.23. The molecule has 1 spiro atoms. The van der Waals surface area contributed by atoms with Gasteiger partial charge < -0.3 is 0 Å². The van der Waals surface area contributed by atoms with Gasteiger partial charge in [0.15, 0.2) is 0 Å². The summed E-state index contributed by atoms with van der Waals surface area (Å²) in [6.45, 7) is 0.879. The Balaban J connectivity index is 1.68. The molecule has 4 rings (SSSR count). The zero-order valence-corrected chi connectivity index (χ0v) is 15.0. The van der Waals surface area contributed by atoms with Crippen LogP contribution >= 0.6 is 0 Å². The Morgan fingerprint density at radius 1 is 1.15 bits per heavy atom. The summed E-state index contributed by atoms with van der Waals surface area (Å²) < 4.78 is 41.6. The highest BCUT2D eigenvalue weighted by atomic mass is 32.2. The third kappa shape index (κ3) is 2.63. The third-order valence-corrected chi connectivity index (χ3v) is 7.67. The highest BCUT2D eigenvalue weighted by Crippen LogP contribution is 2.56. The van der Waals surface area contributed by atoms with E-state index in [1.54, 1.807) is 6.07 Å². The smallest absolute Gasteiger partial charge is 0.207 e. The van der Waals surface area contributed by atoms with Crippen molar-refractivity contribution in [3.63, 3.8) is 0 Å². The number of halogens is 1. The van der Waals surface area contributed by atoms with Crippen LogP contribution in [-0.2, 0) is 10.0 Å². The van der Waals surface area contributed by atoms with Crippen LogP contribution in [0.5, 0.6) is 0 Å². The van der Waals surface area contributed by atoms with E-state index in [2.05, 4.69) is 12.1 Å². The van der Waals surface area contributed by atoms with E-state index in [1.165, 1.54) is 16.4 Å². The maximum atomic E-state index is 13.9. The lowest BCUT2D eigenvalue weighted by Gasteiger charge is -2.43. The summed E-state index contributed by atoms with van der Waals surface area (Å²) in [4.78, 5) is -0.0859. The van der Waals surface area contributed by atoms with E-state index in [9.17, 15) is 12.8 Å². The normalized spacial score (nSPS) is 22.1. The molecule has 2 aromatic rings. The third-order valence-electron chi connectivity index (χ3n) is 5.87. The van der Waals surface area contributed by atoms with E-state index in [0.29, 0.717) is 13.1 Å². The van der Waals surface area contributed by atoms with Crippen LogP contribution in [0.2, 0.25) is 0 Å². The van der Waals surface area contributed by atoms with Gasteiger partial charge in [0.25, 0.3) is 0 Å². The van der Waals surface area contributed by atoms with Gasteiger partial charge in [0.2, 0.25) is 10.0 Å². The van der Waals surface area contributed by atoms with Crippen LogP contribution in [0, 0.1) is 22.6 Å². The van der Waals surface area contributed by atoms with Gasteiger partial charge in [-0.15, -0.1) is 0 Å². The van der Waals surface area contributed by atoms with Gasteiger partial charge in [-0.05, 0) is 42.0 Å². The number of benzene rings is 2. The fourth-order valence-electron chi connectivity index (χ4n) is 4.28. The molecule has 1 saturated carbocycles. The number of sulfonamides is 1. The molecule has 134 valence electrons. The zero-order valence-electron chi connectivity index (χ0n) is 14.2. The largest absolute Gasteiger partial charge is 0.243 e. The first kappa shape index (κ1) is 17.2. The van der Waals surface area contributed by atoms with Gasteiger partial charge in [0.05, 0.1) is 10.5 Å². The van der Waals surface area contributed by atoms with Gasteiger partial charge in [-0.2, -0.15) is 9.57 Å². The molecule has 0 radical (unpaired) electrons. The van der Waals surface area contributed by atoms with Crippen LogP contribution < -0.4 is 0 Å². The second kappa shape index (κ2) is 6.19. The van der Waals surface area contributed by atoms with E-state index < -0.39 is 15.8 Å². The molecule has 0 bridgehead atoms. The highest BCUT2D eigenvalue weighted by molar-refractivity contribution is 7.89. The average molecular weight is 370 g/mol. The summed E-state index contributed by atoms with van der Waals surface area (Å²) in [5.41, 5.74) is 0.999. The van der Waals surface area contributed by atoms with E-state index in [-0.39, 0.29) is 21.8 Å². The summed E-state index contributed by atoms with van der Waals surface area (Å²) in [5.74, 6) is -0.638. The summed E-state index contributed by atoms with van der Waals surface area (Å²) in [7, 11) is -3.79. The molecule has 2 fully saturated rings. The van der Waals surface area contributed by atoms with Crippen LogP contribution in [0.25, 0.3) is 0 Å². The predicted octanol–water partition coefficient (Wildman–Crippen LogP) is 3.66. The van der Waals surface area contributed by atoms with Crippen molar-refractivity contribution in [3.05, 3.63) is 65.5 Å². The molecule has 1 unspecified atom stereocenters. The SMILES string of the molecule is N#Cc1ccc(S(=O)(=O)N2CC(c3ccccc3)C3(CCC3)C2)cc1F. The molecule has 4 nitrogen and oxygen atoms in total. The minimum Gasteiger partial charge on any atom is -0.207 e. The van der Waals surface area contributed by atoms with E-state index in [4.69, 9.17) is 5.26 Å². The molecule has 1 heterocycles. The molecule has 1 atom stereocenters. The van der Waals surface area contributed by atoms with Crippen molar-refractivity contribution in [2.45, 2.75) is 30.1 Å². The summed E-state index contributed by atoms with van der Waals surface area (Å²) in [6.07, 6.45) is 3.14. The molecule has 6 heteroatoms. The predicted molar refractivity (Wildman–Crippen MR) is 95.3 cm³/mol. The van der Waals surface area contributed by atoms with Crippen molar-refractivity contribution in [1.82, 2.24) is 4.31 Å². The van der Waals surface area contributed by atoms with E-state index in [0.717, 1.165) is 30.9 Å². The maximum absolute atomic E-state index is 13.9. The van der Waals surface area contributed by atoms with Gasteiger partial charge in [-0.25, -0.2) is 12.8 Å². The minimum absolute atomic E-state index is 0.0143. The number of hydrogen-bond donors (Lipinski definition) is 0. The van der Waals surface area contributed by atoms with Gasteiger partial charge >= 0.3 is 0 Å². The Morgan fingerprint density at radius 2 is 1.88 bits per heavy atom. The molecule has 26 heavy (non-hydrogen) atoms. The fraction of sp³-hybridized carbons (Fsp3) is 0.350. The second-order valence-corrected chi connectivity index (χ2v) is 9.17. The Bertz CT molecular complexity index is 979. The molecule has 1 aliphatic heterocycles. The molecule has 2 aromatic carbocycles. The van der Waals surface area contributed by atoms with E-state index in [1.807, 2.05) is 18.2 Å². The number of nitriles is 1. The Kier molecular flexibility index (Phi) is 4.09. The quantitative estimate of drug-likeness (QED) is 0.828. The lowest BCUT2D eigenvalue weighted by Crippen LogP contribution is -2.37. The topological polar surface area (TPSA) is 61.2 Å². The molecule has 0 amide bonds. The van der Waals surface area contributed by atoms with Crippen molar-refractivity contribution in [2.24, 2.45) is 5.41 Å². The van der Waals surface area contributed by atoms with Gasteiger partial charge in [-0.1, -0.05) is 36.8 Å². The van der Waals surface area contributed by atoms with Crippen molar-refractivity contribution in [1.29, 1.82) is 5.26 Å².